The highest BCUT2D eigenvalue weighted by Gasteiger charge is 2.03. The number of aromatic nitrogens is 2. The molecule has 4 heteroatoms. The van der Waals surface area contributed by atoms with Gasteiger partial charge in [-0.05, 0) is 17.7 Å². The molecule has 1 aromatic heterocycles. The number of hydrogen-bond acceptors (Lipinski definition) is 2. The molecule has 2 rings (SSSR count). The first-order valence-corrected chi connectivity index (χ1v) is 5.62. The Hall–Kier alpha value is -1.32. The van der Waals surface area contributed by atoms with Gasteiger partial charge in [0.1, 0.15) is 5.82 Å². The zero-order valence-electron chi connectivity index (χ0n) is 8.94. The molecule has 16 heavy (non-hydrogen) atoms. The van der Waals surface area contributed by atoms with Gasteiger partial charge in [0.05, 0.1) is 0 Å². The Balaban J connectivity index is 2.17. The largest absolute Gasteiger partial charge is 0.333 e. The van der Waals surface area contributed by atoms with Gasteiger partial charge in [0, 0.05) is 36.9 Å². The van der Waals surface area contributed by atoms with E-state index < -0.39 is 0 Å². The third-order valence-corrected chi connectivity index (χ3v) is 2.66. The molecule has 0 saturated carbocycles. The molecular weight excluding hydrogens is 222 g/mol. The van der Waals surface area contributed by atoms with Crippen LogP contribution in [0.2, 0.25) is 5.02 Å². The number of imidazole rings is 1. The summed E-state index contributed by atoms with van der Waals surface area (Å²) in [5, 5.41) is 0.759. The molecule has 0 aliphatic carbocycles. The van der Waals surface area contributed by atoms with Crippen molar-refractivity contribution in [3.63, 3.8) is 0 Å². The van der Waals surface area contributed by atoms with Crippen molar-refractivity contribution in [3.8, 4) is 0 Å². The monoisotopic (exact) mass is 235 g/mol. The summed E-state index contributed by atoms with van der Waals surface area (Å²) in [7, 11) is 0. The van der Waals surface area contributed by atoms with Gasteiger partial charge in [-0.25, -0.2) is 4.98 Å². The Morgan fingerprint density at radius 1 is 1.38 bits per heavy atom. The van der Waals surface area contributed by atoms with Crippen LogP contribution in [-0.2, 0) is 13.0 Å². The van der Waals surface area contributed by atoms with Crippen LogP contribution in [0.15, 0.2) is 36.7 Å². The van der Waals surface area contributed by atoms with Crippen LogP contribution in [0.25, 0.3) is 0 Å². The Labute approximate surface area is 99.9 Å². The van der Waals surface area contributed by atoms with Gasteiger partial charge in [-0.1, -0.05) is 23.7 Å². The molecule has 0 atom stereocenters. The third-order valence-electron chi connectivity index (χ3n) is 2.42. The molecule has 2 N–H and O–H groups in total. The molecular formula is C12H14ClN3. The van der Waals surface area contributed by atoms with E-state index in [9.17, 15) is 0 Å². The molecule has 0 amide bonds. The van der Waals surface area contributed by atoms with Gasteiger partial charge in [0.15, 0.2) is 0 Å². The lowest BCUT2D eigenvalue weighted by molar-refractivity contribution is 0.671. The van der Waals surface area contributed by atoms with Crippen LogP contribution in [-0.4, -0.2) is 16.1 Å². The quantitative estimate of drug-likeness (QED) is 0.882. The Bertz CT molecular complexity index is 465. The van der Waals surface area contributed by atoms with E-state index in [1.165, 1.54) is 0 Å². The molecule has 1 heterocycles. The number of halogens is 1. The Morgan fingerprint density at radius 3 is 3.00 bits per heavy atom. The fourth-order valence-electron chi connectivity index (χ4n) is 1.68. The number of benzene rings is 1. The molecule has 0 aliphatic heterocycles. The second kappa shape index (κ2) is 5.14. The normalized spacial score (nSPS) is 10.6. The minimum Gasteiger partial charge on any atom is -0.333 e. The van der Waals surface area contributed by atoms with Crippen LogP contribution in [0.5, 0.6) is 0 Å². The molecule has 0 aliphatic rings. The second-order valence-electron chi connectivity index (χ2n) is 3.63. The summed E-state index contributed by atoms with van der Waals surface area (Å²) >= 11 is 5.94. The predicted octanol–water partition coefficient (Wildman–Crippen LogP) is 2.09. The van der Waals surface area contributed by atoms with E-state index in [0.29, 0.717) is 6.54 Å². The first-order chi connectivity index (χ1) is 7.79. The van der Waals surface area contributed by atoms with E-state index in [0.717, 1.165) is 29.4 Å². The van der Waals surface area contributed by atoms with Crippen molar-refractivity contribution in [2.45, 2.75) is 13.0 Å². The van der Waals surface area contributed by atoms with Gasteiger partial charge in [0.2, 0.25) is 0 Å². The Morgan fingerprint density at radius 2 is 2.25 bits per heavy atom. The maximum absolute atomic E-state index is 5.94. The van der Waals surface area contributed by atoms with Crippen LogP contribution < -0.4 is 5.73 Å². The van der Waals surface area contributed by atoms with Crippen molar-refractivity contribution in [1.29, 1.82) is 0 Å². The lowest BCUT2D eigenvalue weighted by Gasteiger charge is -2.06. The molecule has 1 aromatic carbocycles. The van der Waals surface area contributed by atoms with Gasteiger partial charge in [-0.15, -0.1) is 0 Å². The van der Waals surface area contributed by atoms with Crippen molar-refractivity contribution in [1.82, 2.24) is 9.55 Å². The number of nitrogens with zero attached hydrogens (tertiary/aromatic N) is 2. The summed E-state index contributed by atoms with van der Waals surface area (Å²) in [6, 6.07) is 7.83. The van der Waals surface area contributed by atoms with Crippen LogP contribution in [0.4, 0.5) is 0 Å². The van der Waals surface area contributed by atoms with Gasteiger partial charge in [-0.2, -0.15) is 0 Å². The van der Waals surface area contributed by atoms with E-state index in [4.69, 9.17) is 17.3 Å². The van der Waals surface area contributed by atoms with Crippen molar-refractivity contribution < 1.29 is 0 Å². The van der Waals surface area contributed by atoms with Crippen molar-refractivity contribution in [3.05, 3.63) is 53.1 Å². The summed E-state index contributed by atoms with van der Waals surface area (Å²) in [6.45, 7) is 1.43. The smallest absolute Gasteiger partial charge is 0.113 e. The Kier molecular flexibility index (Phi) is 3.59. The SMILES string of the molecule is NCCn1ccnc1Cc1cccc(Cl)c1. The molecule has 0 radical (unpaired) electrons. The number of nitrogens with two attached hydrogens (primary N) is 1. The van der Waals surface area contributed by atoms with E-state index in [1.54, 1.807) is 6.20 Å². The average molecular weight is 236 g/mol. The van der Waals surface area contributed by atoms with Crippen LogP contribution in [0, 0.1) is 0 Å². The fraction of sp³-hybridized carbons (Fsp3) is 0.250. The summed E-state index contributed by atoms with van der Waals surface area (Å²) in [4.78, 5) is 4.32. The average Bonchev–Trinajstić information content (AvgIpc) is 2.66. The number of rotatable bonds is 4. The van der Waals surface area contributed by atoms with Crippen molar-refractivity contribution in [2.75, 3.05) is 6.54 Å². The van der Waals surface area contributed by atoms with E-state index in [2.05, 4.69) is 9.55 Å². The highest BCUT2D eigenvalue weighted by Crippen LogP contribution is 2.13. The van der Waals surface area contributed by atoms with Crippen LogP contribution in [0.3, 0.4) is 0 Å². The lowest BCUT2D eigenvalue weighted by Crippen LogP contribution is -2.12. The lowest BCUT2D eigenvalue weighted by atomic mass is 10.1. The number of hydrogen-bond donors (Lipinski definition) is 1. The van der Waals surface area contributed by atoms with Crippen molar-refractivity contribution >= 4 is 11.6 Å². The maximum Gasteiger partial charge on any atom is 0.113 e. The summed E-state index contributed by atoms with van der Waals surface area (Å²) < 4.78 is 2.07. The topological polar surface area (TPSA) is 43.8 Å². The zero-order valence-corrected chi connectivity index (χ0v) is 9.69. The minimum absolute atomic E-state index is 0.624. The second-order valence-corrected chi connectivity index (χ2v) is 4.07. The molecule has 0 unspecified atom stereocenters. The molecule has 0 bridgehead atoms. The first kappa shape index (κ1) is 11.2. The van der Waals surface area contributed by atoms with E-state index >= 15 is 0 Å². The van der Waals surface area contributed by atoms with Crippen LogP contribution >= 0.6 is 11.6 Å². The summed E-state index contributed by atoms with van der Waals surface area (Å²) in [5.74, 6) is 1.02. The van der Waals surface area contributed by atoms with Crippen molar-refractivity contribution in [2.24, 2.45) is 5.73 Å². The molecule has 84 valence electrons. The van der Waals surface area contributed by atoms with E-state index in [1.807, 2.05) is 30.5 Å². The zero-order chi connectivity index (χ0) is 11.4. The van der Waals surface area contributed by atoms with Gasteiger partial charge in [-0.3, -0.25) is 0 Å². The fourth-order valence-corrected chi connectivity index (χ4v) is 1.89. The highest BCUT2D eigenvalue weighted by molar-refractivity contribution is 6.30. The summed E-state index contributed by atoms with van der Waals surface area (Å²) in [5.41, 5.74) is 6.70. The summed E-state index contributed by atoms with van der Waals surface area (Å²) in [6.07, 6.45) is 4.54. The maximum atomic E-state index is 5.94. The molecule has 0 saturated heterocycles. The van der Waals surface area contributed by atoms with Gasteiger partial charge < -0.3 is 10.3 Å². The third kappa shape index (κ3) is 2.62. The predicted molar refractivity (Wildman–Crippen MR) is 65.5 cm³/mol. The molecule has 2 aromatic rings. The van der Waals surface area contributed by atoms with E-state index in [-0.39, 0.29) is 0 Å². The highest BCUT2D eigenvalue weighted by atomic mass is 35.5. The first-order valence-electron chi connectivity index (χ1n) is 5.24. The van der Waals surface area contributed by atoms with Gasteiger partial charge in [0.25, 0.3) is 0 Å². The molecule has 0 spiro atoms. The van der Waals surface area contributed by atoms with Crippen LogP contribution in [0.1, 0.15) is 11.4 Å². The molecule has 3 nitrogen and oxygen atoms in total. The molecule has 0 fully saturated rings. The minimum atomic E-state index is 0.624. The standard InChI is InChI=1S/C12H14ClN3/c13-11-3-1-2-10(8-11)9-12-15-5-7-16(12)6-4-14/h1-3,5,7-8H,4,6,9,14H2. The van der Waals surface area contributed by atoms with Gasteiger partial charge >= 0.3 is 0 Å².